The Hall–Kier alpha value is -3.07. The van der Waals surface area contributed by atoms with E-state index in [1.54, 1.807) is 22.2 Å². The van der Waals surface area contributed by atoms with Crippen LogP contribution in [0.4, 0.5) is 0 Å². The van der Waals surface area contributed by atoms with E-state index in [0.29, 0.717) is 34.8 Å². The molecule has 134 valence electrons. The lowest BCUT2D eigenvalue weighted by Crippen LogP contribution is -2.27. The van der Waals surface area contributed by atoms with Gasteiger partial charge in [0.05, 0.1) is 18.3 Å². The van der Waals surface area contributed by atoms with Crippen LogP contribution < -0.4 is 10.4 Å². The first kappa shape index (κ1) is 17.7. The molecule has 0 N–H and O–H groups in total. The number of hydrogen-bond donors (Lipinski definition) is 0. The third-order valence-electron chi connectivity index (χ3n) is 4.25. The molecule has 0 saturated heterocycles. The molecular formula is C20H22N4O2. The van der Waals surface area contributed by atoms with Crippen LogP contribution in [0.15, 0.2) is 35.1 Å². The van der Waals surface area contributed by atoms with Crippen LogP contribution in [-0.4, -0.2) is 21.2 Å². The highest BCUT2D eigenvalue weighted by molar-refractivity contribution is 5.79. The molecule has 0 unspecified atom stereocenters. The van der Waals surface area contributed by atoms with Crippen molar-refractivity contribution in [3.63, 3.8) is 0 Å². The van der Waals surface area contributed by atoms with Crippen molar-refractivity contribution in [3.8, 4) is 23.1 Å². The topological polar surface area (TPSA) is 72.8 Å². The maximum Gasteiger partial charge on any atom is 0.330 e. The van der Waals surface area contributed by atoms with Crippen molar-refractivity contribution in [1.29, 1.82) is 5.26 Å². The van der Waals surface area contributed by atoms with Gasteiger partial charge in [-0.15, -0.1) is 0 Å². The fraction of sp³-hybridized carbons (Fsp3) is 0.350. The molecule has 0 aliphatic heterocycles. The maximum absolute atomic E-state index is 12.7. The summed E-state index contributed by atoms with van der Waals surface area (Å²) in [5, 5.41) is 9.52. The van der Waals surface area contributed by atoms with Gasteiger partial charge in [-0.3, -0.25) is 9.13 Å². The number of nitriles is 1. The van der Waals surface area contributed by atoms with Gasteiger partial charge in [-0.05, 0) is 23.6 Å². The summed E-state index contributed by atoms with van der Waals surface area (Å²) in [4.78, 5) is 17.3. The van der Waals surface area contributed by atoms with Crippen LogP contribution in [0.1, 0.15) is 26.3 Å². The quantitative estimate of drug-likeness (QED) is 0.726. The number of imidazole rings is 1. The number of hydrogen-bond acceptors (Lipinski definition) is 4. The zero-order valence-corrected chi connectivity index (χ0v) is 15.7. The van der Waals surface area contributed by atoms with E-state index in [9.17, 15) is 10.1 Å². The average molecular weight is 350 g/mol. The molecule has 3 aromatic rings. The molecule has 0 aliphatic carbocycles. The van der Waals surface area contributed by atoms with Crippen molar-refractivity contribution in [2.24, 2.45) is 12.5 Å². The van der Waals surface area contributed by atoms with E-state index in [4.69, 9.17) is 4.74 Å². The first-order chi connectivity index (χ1) is 12.3. The van der Waals surface area contributed by atoms with Gasteiger partial charge in [0, 0.05) is 19.2 Å². The molecular weight excluding hydrogens is 328 g/mol. The van der Waals surface area contributed by atoms with E-state index in [1.165, 1.54) is 7.11 Å². The smallest absolute Gasteiger partial charge is 0.330 e. The molecule has 0 amide bonds. The summed E-state index contributed by atoms with van der Waals surface area (Å²) in [5.41, 5.74) is 3.02. The van der Waals surface area contributed by atoms with E-state index in [2.05, 4.69) is 31.8 Å². The molecule has 26 heavy (non-hydrogen) atoms. The molecule has 0 saturated carbocycles. The van der Waals surface area contributed by atoms with E-state index < -0.39 is 0 Å². The molecule has 0 fully saturated rings. The van der Waals surface area contributed by atoms with E-state index >= 15 is 0 Å². The van der Waals surface area contributed by atoms with E-state index in [-0.39, 0.29) is 11.1 Å². The Bertz CT molecular complexity index is 1080. The number of aryl methyl sites for hydroxylation is 1. The standard InChI is InChI=1S/C20H22N4O2/c1-20(2,3)12-24-16-10-9-15(22-18(16)23(4)19(24)25)13-7-6-8-17(26-5)14(13)11-21/h6-10H,12H2,1-5H3. The second-order valence-corrected chi connectivity index (χ2v) is 7.52. The van der Waals surface area contributed by atoms with Crippen molar-refractivity contribution in [3.05, 3.63) is 46.4 Å². The van der Waals surface area contributed by atoms with Gasteiger partial charge in [0.25, 0.3) is 0 Å². The Morgan fingerprint density at radius 3 is 2.58 bits per heavy atom. The second-order valence-electron chi connectivity index (χ2n) is 7.52. The maximum atomic E-state index is 12.7. The predicted molar refractivity (Wildman–Crippen MR) is 101 cm³/mol. The highest BCUT2D eigenvalue weighted by Crippen LogP contribution is 2.30. The fourth-order valence-corrected chi connectivity index (χ4v) is 3.08. The molecule has 3 rings (SSSR count). The zero-order chi connectivity index (χ0) is 19.1. The Kier molecular flexibility index (Phi) is 4.33. The lowest BCUT2D eigenvalue weighted by molar-refractivity contribution is 0.342. The number of nitrogens with zero attached hydrogens (tertiary/aromatic N) is 4. The highest BCUT2D eigenvalue weighted by atomic mass is 16.5. The summed E-state index contributed by atoms with van der Waals surface area (Å²) in [6, 6.07) is 11.3. The van der Waals surface area contributed by atoms with Gasteiger partial charge in [0.2, 0.25) is 0 Å². The third-order valence-corrected chi connectivity index (χ3v) is 4.25. The van der Waals surface area contributed by atoms with Crippen molar-refractivity contribution < 1.29 is 4.74 Å². The van der Waals surface area contributed by atoms with Crippen LogP contribution >= 0.6 is 0 Å². The van der Waals surface area contributed by atoms with Crippen LogP contribution in [0.5, 0.6) is 5.75 Å². The first-order valence-corrected chi connectivity index (χ1v) is 8.40. The Labute approximate surface area is 152 Å². The van der Waals surface area contributed by atoms with Gasteiger partial charge in [-0.1, -0.05) is 32.9 Å². The van der Waals surface area contributed by atoms with Gasteiger partial charge in [-0.2, -0.15) is 5.26 Å². The van der Waals surface area contributed by atoms with E-state index in [1.807, 2.05) is 24.3 Å². The summed E-state index contributed by atoms with van der Waals surface area (Å²) in [7, 11) is 3.25. The predicted octanol–water partition coefficient (Wildman–Crippen LogP) is 3.33. The number of methoxy groups -OCH3 is 1. The van der Waals surface area contributed by atoms with Crippen LogP contribution in [0, 0.1) is 16.7 Å². The van der Waals surface area contributed by atoms with Gasteiger partial charge >= 0.3 is 5.69 Å². The SMILES string of the molecule is COc1cccc(-c2ccc3c(n2)n(C)c(=O)n3CC(C)(C)C)c1C#N. The van der Waals surface area contributed by atoms with Crippen LogP contribution in [0.3, 0.4) is 0 Å². The summed E-state index contributed by atoms with van der Waals surface area (Å²) < 4.78 is 8.58. The number of pyridine rings is 1. The normalized spacial score (nSPS) is 11.5. The minimum atomic E-state index is -0.0919. The van der Waals surface area contributed by atoms with Crippen molar-refractivity contribution in [2.45, 2.75) is 27.3 Å². The van der Waals surface area contributed by atoms with Crippen LogP contribution in [-0.2, 0) is 13.6 Å². The number of ether oxygens (including phenoxy) is 1. The molecule has 0 atom stereocenters. The second kappa shape index (κ2) is 6.34. The zero-order valence-electron chi connectivity index (χ0n) is 15.7. The van der Waals surface area contributed by atoms with Crippen LogP contribution in [0.2, 0.25) is 0 Å². The van der Waals surface area contributed by atoms with Crippen LogP contribution in [0.25, 0.3) is 22.4 Å². The van der Waals surface area contributed by atoms with Gasteiger partial charge in [0.15, 0.2) is 5.65 Å². The number of benzene rings is 1. The summed E-state index contributed by atoms with van der Waals surface area (Å²) in [6.45, 7) is 6.88. The third kappa shape index (κ3) is 2.97. The van der Waals surface area contributed by atoms with Crippen molar-refractivity contribution >= 4 is 11.2 Å². The van der Waals surface area contributed by atoms with Gasteiger partial charge in [-0.25, -0.2) is 9.78 Å². The van der Waals surface area contributed by atoms with E-state index in [0.717, 1.165) is 5.52 Å². The monoisotopic (exact) mass is 350 g/mol. The average Bonchev–Trinajstić information content (AvgIpc) is 2.84. The summed E-state index contributed by atoms with van der Waals surface area (Å²) >= 11 is 0. The molecule has 0 aliphatic rings. The molecule has 6 heteroatoms. The van der Waals surface area contributed by atoms with Gasteiger partial charge in [0.1, 0.15) is 17.4 Å². The Morgan fingerprint density at radius 2 is 1.96 bits per heavy atom. The summed E-state index contributed by atoms with van der Waals surface area (Å²) in [5.74, 6) is 0.506. The Morgan fingerprint density at radius 1 is 1.23 bits per heavy atom. The van der Waals surface area contributed by atoms with Gasteiger partial charge < -0.3 is 4.74 Å². The molecule has 2 heterocycles. The number of aromatic nitrogens is 3. The highest BCUT2D eigenvalue weighted by Gasteiger charge is 2.19. The number of fused-ring (bicyclic) bond motifs is 1. The fourth-order valence-electron chi connectivity index (χ4n) is 3.08. The molecule has 0 spiro atoms. The Balaban J connectivity index is 2.23. The lowest BCUT2D eigenvalue weighted by atomic mass is 9.97. The molecule has 6 nitrogen and oxygen atoms in total. The minimum Gasteiger partial charge on any atom is -0.495 e. The lowest BCUT2D eigenvalue weighted by Gasteiger charge is -2.18. The molecule has 2 aromatic heterocycles. The van der Waals surface area contributed by atoms with Crippen molar-refractivity contribution in [1.82, 2.24) is 14.1 Å². The minimum absolute atomic E-state index is 0.0302. The molecule has 0 bridgehead atoms. The number of rotatable bonds is 3. The van der Waals surface area contributed by atoms with Crippen molar-refractivity contribution in [2.75, 3.05) is 7.11 Å². The first-order valence-electron chi connectivity index (χ1n) is 8.40. The molecule has 1 aromatic carbocycles. The largest absolute Gasteiger partial charge is 0.495 e. The molecule has 0 radical (unpaired) electrons. The summed E-state index contributed by atoms with van der Waals surface area (Å²) in [6.07, 6.45) is 0.